The highest BCUT2D eigenvalue weighted by Gasteiger charge is 2.19. The molecule has 3 nitrogen and oxygen atoms in total. The van der Waals surface area contributed by atoms with Gasteiger partial charge in [0.05, 0.1) is 11.4 Å². The average molecular weight is 257 g/mol. The number of hydrogen-bond donors (Lipinski definition) is 1. The van der Waals surface area contributed by atoms with Gasteiger partial charge in [0, 0.05) is 11.3 Å². The molecule has 1 aliphatic rings. The van der Waals surface area contributed by atoms with Gasteiger partial charge in [0.1, 0.15) is 0 Å². The van der Waals surface area contributed by atoms with Crippen LogP contribution in [-0.4, -0.2) is 16.0 Å². The van der Waals surface area contributed by atoms with E-state index < -0.39 is 0 Å². The summed E-state index contributed by atoms with van der Waals surface area (Å²) in [6.07, 6.45) is 4.22. The summed E-state index contributed by atoms with van der Waals surface area (Å²) < 4.78 is 2.04. The first-order valence-corrected chi connectivity index (χ1v) is 7.19. The molecule has 1 N–H and O–H groups in total. The van der Waals surface area contributed by atoms with Gasteiger partial charge in [-0.2, -0.15) is 5.10 Å². The summed E-state index contributed by atoms with van der Waals surface area (Å²) in [5, 5.41) is 8.11. The Labute approximate surface area is 111 Å². The summed E-state index contributed by atoms with van der Waals surface area (Å²) in [6.45, 7) is 2.09. The Balaban J connectivity index is 2.07. The van der Waals surface area contributed by atoms with Crippen LogP contribution in [0.15, 0.2) is 42.1 Å². The number of nitrogens with zero attached hydrogens (tertiary/aromatic N) is 2. The first-order valence-electron chi connectivity index (χ1n) is 5.90. The highest BCUT2D eigenvalue weighted by molar-refractivity contribution is 7.98. The van der Waals surface area contributed by atoms with Crippen molar-refractivity contribution in [1.29, 1.82) is 0 Å². The van der Waals surface area contributed by atoms with Crippen LogP contribution in [0.4, 0.5) is 0 Å². The maximum atomic E-state index is 4.70. The summed E-state index contributed by atoms with van der Waals surface area (Å²) in [5.41, 5.74) is 4.70. The fraction of sp³-hybridized carbons (Fsp3) is 0.214. The second kappa shape index (κ2) is 4.53. The van der Waals surface area contributed by atoms with E-state index in [9.17, 15) is 0 Å². The topological polar surface area (TPSA) is 29.9 Å². The van der Waals surface area contributed by atoms with E-state index in [2.05, 4.69) is 42.8 Å². The van der Waals surface area contributed by atoms with E-state index in [1.54, 1.807) is 11.8 Å². The highest BCUT2D eigenvalue weighted by atomic mass is 32.2. The summed E-state index contributed by atoms with van der Waals surface area (Å²) in [5.74, 6) is 0. The molecule has 0 fully saturated rings. The van der Waals surface area contributed by atoms with Gasteiger partial charge in [-0.05, 0) is 25.3 Å². The summed E-state index contributed by atoms with van der Waals surface area (Å²) in [6, 6.07) is 12.4. The second-order valence-electron chi connectivity index (χ2n) is 4.32. The molecule has 0 spiro atoms. The summed E-state index contributed by atoms with van der Waals surface area (Å²) >= 11 is 1.75. The predicted molar refractivity (Wildman–Crippen MR) is 77.0 cm³/mol. The fourth-order valence-corrected chi connectivity index (χ4v) is 2.80. The fourth-order valence-electron chi connectivity index (χ4n) is 2.13. The first kappa shape index (κ1) is 11.4. The number of fused-ring (bicyclic) bond motifs is 1. The first-order chi connectivity index (χ1) is 8.78. The highest BCUT2D eigenvalue weighted by Crippen LogP contribution is 2.29. The van der Waals surface area contributed by atoms with Gasteiger partial charge in [-0.1, -0.05) is 30.3 Å². The van der Waals surface area contributed by atoms with Crippen molar-refractivity contribution in [2.45, 2.75) is 12.4 Å². The smallest absolute Gasteiger partial charge is 0.168 e. The number of benzene rings is 1. The molecule has 3 rings (SSSR count). The molecule has 0 bridgehead atoms. The lowest BCUT2D eigenvalue weighted by molar-refractivity contribution is 0.528. The number of aromatic nitrogens is 2. The van der Waals surface area contributed by atoms with E-state index in [0.717, 1.165) is 17.0 Å². The van der Waals surface area contributed by atoms with Crippen LogP contribution in [0.2, 0.25) is 0 Å². The second-order valence-corrected chi connectivity index (χ2v) is 5.24. The van der Waals surface area contributed by atoms with E-state index in [1.165, 1.54) is 5.70 Å². The largest absolute Gasteiger partial charge is 0.359 e. The lowest BCUT2D eigenvalue weighted by Gasteiger charge is -2.24. The van der Waals surface area contributed by atoms with Gasteiger partial charge in [0.25, 0.3) is 0 Å². The molecule has 0 amide bonds. The molecule has 0 aliphatic carbocycles. The van der Waals surface area contributed by atoms with Crippen molar-refractivity contribution in [3.05, 3.63) is 47.8 Å². The van der Waals surface area contributed by atoms with Crippen molar-refractivity contribution < 1.29 is 0 Å². The quantitative estimate of drug-likeness (QED) is 0.895. The zero-order valence-corrected chi connectivity index (χ0v) is 11.2. The van der Waals surface area contributed by atoms with Crippen molar-refractivity contribution in [2.24, 2.45) is 0 Å². The van der Waals surface area contributed by atoms with Crippen LogP contribution < -0.4 is 5.32 Å². The number of allylic oxidation sites excluding steroid dienone is 1. The Kier molecular flexibility index (Phi) is 2.88. The maximum absolute atomic E-state index is 4.70. The third-order valence-electron chi connectivity index (χ3n) is 3.00. The minimum atomic E-state index is 0.183. The molecule has 92 valence electrons. The van der Waals surface area contributed by atoms with E-state index in [-0.39, 0.29) is 5.50 Å². The molecule has 1 aliphatic heterocycles. The normalized spacial score (nSPS) is 17.9. The SMILES string of the molecule is CSC1NC(C)=Cc2cc(-c3ccccc3)nn21. The predicted octanol–water partition coefficient (Wildman–Crippen LogP) is 3.33. The van der Waals surface area contributed by atoms with E-state index in [0.29, 0.717) is 0 Å². The molecule has 0 radical (unpaired) electrons. The molecule has 1 aromatic heterocycles. The molecule has 0 saturated carbocycles. The molecule has 18 heavy (non-hydrogen) atoms. The van der Waals surface area contributed by atoms with Gasteiger partial charge in [-0.3, -0.25) is 0 Å². The number of thioether (sulfide) groups is 1. The third kappa shape index (κ3) is 1.93. The standard InChI is InChI=1S/C14H15N3S/c1-10-8-12-9-13(11-6-4-3-5-7-11)16-17(12)14(15-10)18-2/h3-9,14-15H,1-2H3. The maximum Gasteiger partial charge on any atom is 0.168 e. The monoisotopic (exact) mass is 257 g/mol. The van der Waals surface area contributed by atoms with Crippen molar-refractivity contribution in [1.82, 2.24) is 15.1 Å². The Morgan fingerprint density at radius 2 is 2.06 bits per heavy atom. The zero-order valence-electron chi connectivity index (χ0n) is 10.4. The van der Waals surface area contributed by atoms with Crippen LogP contribution in [0.5, 0.6) is 0 Å². The van der Waals surface area contributed by atoms with Gasteiger partial charge >= 0.3 is 0 Å². The molecule has 1 aromatic carbocycles. The molecular weight excluding hydrogens is 242 g/mol. The van der Waals surface area contributed by atoms with E-state index in [1.807, 2.05) is 22.9 Å². The van der Waals surface area contributed by atoms with Gasteiger partial charge in [0.15, 0.2) is 5.50 Å². The Morgan fingerprint density at radius 3 is 2.78 bits per heavy atom. The molecule has 2 heterocycles. The Hall–Kier alpha value is -1.68. The Morgan fingerprint density at radius 1 is 1.28 bits per heavy atom. The number of nitrogens with one attached hydrogen (secondary N) is 1. The lowest BCUT2D eigenvalue weighted by Crippen LogP contribution is -2.27. The van der Waals surface area contributed by atoms with Gasteiger partial charge in [0.2, 0.25) is 0 Å². The zero-order chi connectivity index (χ0) is 12.5. The average Bonchev–Trinajstić information content (AvgIpc) is 2.82. The Bertz CT molecular complexity index is 586. The van der Waals surface area contributed by atoms with Crippen molar-refractivity contribution >= 4 is 17.8 Å². The van der Waals surface area contributed by atoms with Crippen LogP contribution in [0.3, 0.4) is 0 Å². The molecule has 1 atom stereocenters. The number of hydrogen-bond acceptors (Lipinski definition) is 3. The third-order valence-corrected chi connectivity index (χ3v) is 3.76. The van der Waals surface area contributed by atoms with Crippen LogP contribution in [0, 0.1) is 0 Å². The lowest BCUT2D eigenvalue weighted by atomic mass is 10.1. The minimum absolute atomic E-state index is 0.183. The van der Waals surface area contributed by atoms with Crippen LogP contribution >= 0.6 is 11.8 Å². The van der Waals surface area contributed by atoms with Crippen molar-refractivity contribution in [3.8, 4) is 11.3 Å². The minimum Gasteiger partial charge on any atom is -0.359 e. The van der Waals surface area contributed by atoms with Crippen molar-refractivity contribution in [3.63, 3.8) is 0 Å². The van der Waals surface area contributed by atoms with Crippen molar-refractivity contribution in [2.75, 3.05) is 6.26 Å². The molecule has 2 aromatic rings. The molecule has 1 unspecified atom stereocenters. The van der Waals surface area contributed by atoms with Gasteiger partial charge < -0.3 is 5.32 Å². The van der Waals surface area contributed by atoms with Gasteiger partial charge in [-0.15, -0.1) is 11.8 Å². The summed E-state index contributed by atoms with van der Waals surface area (Å²) in [7, 11) is 0. The van der Waals surface area contributed by atoms with Gasteiger partial charge in [-0.25, -0.2) is 4.68 Å². The van der Waals surface area contributed by atoms with Crippen LogP contribution in [0.1, 0.15) is 18.1 Å². The van der Waals surface area contributed by atoms with E-state index >= 15 is 0 Å². The van der Waals surface area contributed by atoms with Crippen LogP contribution in [0.25, 0.3) is 17.3 Å². The molecule has 0 saturated heterocycles. The van der Waals surface area contributed by atoms with E-state index in [4.69, 9.17) is 5.10 Å². The number of rotatable bonds is 2. The molecular formula is C14H15N3S. The summed E-state index contributed by atoms with van der Waals surface area (Å²) in [4.78, 5) is 0. The molecule has 4 heteroatoms. The van der Waals surface area contributed by atoms with Crippen LogP contribution in [-0.2, 0) is 0 Å².